The van der Waals surface area contributed by atoms with Crippen LogP contribution < -0.4 is 10.2 Å². The van der Waals surface area contributed by atoms with Gasteiger partial charge in [0.1, 0.15) is 15.7 Å². The Bertz CT molecular complexity index is 768. The lowest BCUT2D eigenvalue weighted by molar-refractivity contribution is 0.0702. The van der Waals surface area contributed by atoms with E-state index < -0.39 is 0 Å². The maximum absolute atomic E-state index is 12.5. The third-order valence-electron chi connectivity index (χ3n) is 3.67. The van der Waals surface area contributed by atoms with Crippen LogP contribution in [0.1, 0.15) is 5.56 Å². The lowest BCUT2D eigenvalue weighted by atomic mass is 10.2. The number of ether oxygens (including phenoxy) is 2. The second kappa shape index (κ2) is 7.33. The van der Waals surface area contributed by atoms with Crippen molar-refractivity contribution in [2.45, 2.75) is 5.75 Å². The molecule has 0 radical (unpaired) electrons. The fourth-order valence-corrected chi connectivity index (χ4v) is 3.55. The first-order valence-electron chi connectivity index (χ1n) is 7.27. The number of nitrogens with zero attached hydrogens (tertiary/aromatic N) is 1. The topological polar surface area (TPSA) is 51.9 Å². The zero-order valence-electron chi connectivity index (χ0n) is 12.7. The van der Waals surface area contributed by atoms with Crippen molar-refractivity contribution >= 4 is 39.3 Å². The highest BCUT2D eigenvalue weighted by Gasteiger charge is 2.15. The summed E-state index contributed by atoms with van der Waals surface area (Å²) in [5, 5.41) is 0.557. The van der Waals surface area contributed by atoms with E-state index in [-0.39, 0.29) is 5.43 Å². The molecule has 1 aliphatic heterocycles. The minimum Gasteiger partial charge on any atom is -0.497 e. The number of morpholine rings is 1. The minimum atomic E-state index is -0.0221. The lowest BCUT2D eigenvalue weighted by Crippen LogP contribution is -2.38. The van der Waals surface area contributed by atoms with E-state index in [1.165, 1.54) is 18.0 Å². The molecule has 122 valence electrons. The Labute approximate surface area is 143 Å². The summed E-state index contributed by atoms with van der Waals surface area (Å²) in [5.74, 6) is 1.16. The summed E-state index contributed by atoms with van der Waals surface area (Å²) in [5.41, 5.74) is 1.12. The van der Waals surface area contributed by atoms with Crippen LogP contribution in [0.3, 0.4) is 0 Å². The van der Waals surface area contributed by atoms with Crippen LogP contribution in [0.5, 0.6) is 5.75 Å². The third kappa shape index (κ3) is 3.68. The van der Waals surface area contributed by atoms with E-state index >= 15 is 0 Å². The number of hydrogen-bond donors (Lipinski definition) is 0. The molecule has 0 spiro atoms. The molecule has 1 aliphatic rings. The summed E-state index contributed by atoms with van der Waals surface area (Å²) >= 11 is 6.91. The SMILES string of the molecule is COc1ccc2c(=O)c(CSC(=S)N3CCOCC3)coc2c1. The monoisotopic (exact) mass is 351 g/mol. The van der Waals surface area contributed by atoms with Crippen LogP contribution >= 0.6 is 24.0 Å². The van der Waals surface area contributed by atoms with Gasteiger partial charge in [0, 0.05) is 30.5 Å². The van der Waals surface area contributed by atoms with E-state index in [4.69, 9.17) is 26.1 Å². The summed E-state index contributed by atoms with van der Waals surface area (Å²) in [6, 6.07) is 5.20. The van der Waals surface area contributed by atoms with Crippen molar-refractivity contribution in [3.05, 3.63) is 40.2 Å². The summed E-state index contributed by atoms with van der Waals surface area (Å²) in [6.45, 7) is 3.00. The van der Waals surface area contributed by atoms with Gasteiger partial charge in [-0.1, -0.05) is 24.0 Å². The van der Waals surface area contributed by atoms with Crippen molar-refractivity contribution in [1.29, 1.82) is 0 Å². The quantitative estimate of drug-likeness (QED) is 0.788. The molecule has 23 heavy (non-hydrogen) atoms. The Morgan fingerprint density at radius 3 is 2.91 bits per heavy atom. The van der Waals surface area contributed by atoms with Gasteiger partial charge in [0.2, 0.25) is 0 Å². The summed E-state index contributed by atoms with van der Waals surface area (Å²) < 4.78 is 16.8. The fourth-order valence-electron chi connectivity index (χ4n) is 2.35. The normalized spacial score (nSPS) is 14.9. The Balaban J connectivity index is 1.74. The van der Waals surface area contributed by atoms with Crippen molar-refractivity contribution in [3.8, 4) is 5.75 Å². The molecule has 1 aromatic heterocycles. The van der Waals surface area contributed by atoms with Crippen molar-refractivity contribution in [1.82, 2.24) is 4.90 Å². The number of benzene rings is 1. The number of hydrogen-bond acceptors (Lipinski definition) is 6. The largest absolute Gasteiger partial charge is 0.497 e. The number of methoxy groups -OCH3 is 1. The second-order valence-corrected chi connectivity index (χ2v) is 6.72. The van der Waals surface area contributed by atoms with E-state index in [1.807, 2.05) is 0 Å². The highest BCUT2D eigenvalue weighted by Crippen LogP contribution is 2.21. The first-order valence-corrected chi connectivity index (χ1v) is 8.66. The predicted octanol–water partition coefficient (Wildman–Crippen LogP) is 2.65. The Morgan fingerprint density at radius 2 is 2.17 bits per heavy atom. The van der Waals surface area contributed by atoms with Gasteiger partial charge >= 0.3 is 0 Å². The van der Waals surface area contributed by atoms with Gasteiger partial charge in [0.15, 0.2) is 5.43 Å². The molecule has 0 bridgehead atoms. The van der Waals surface area contributed by atoms with Gasteiger partial charge < -0.3 is 18.8 Å². The van der Waals surface area contributed by atoms with Gasteiger partial charge in [0.05, 0.1) is 32.0 Å². The number of thiocarbonyl (C=S) groups is 1. The first kappa shape index (κ1) is 16.3. The van der Waals surface area contributed by atoms with Crippen LogP contribution in [-0.4, -0.2) is 42.6 Å². The zero-order valence-corrected chi connectivity index (χ0v) is 14.4. The summed E-state index contributed by atoms with van der Waals surface area (Å²) in [6.07, 6.45) is 1.51. The highest BCUT2D eigenvalue weighted by atomic mass is 32.2. The van der Waals surface area contributed by atoms with Crippen molar-refractivity contribution in [2.24, 2.45) is 0 Å². The van der Waals surface area contributed by atoms with Gasteiger partial charge in [-0.3, -0.25) is 4.79 Å². The van der Waals surface area contributed by atoms with E-state index in [1.54, 1.807) is 25.3 Å². The second-order valence-electron chi connectivity index (χ2n) is 5.11. The first-order chi connectivity index (χ1) is 11.2. The molecule has 5 nitrogen and oxygen atoms in total. The maximum atomic E-state index is 12.5. The average molecular weight is 351 g/mol. The molecule has 2 heterocycles. The molecule has 0 N–H and O–H groups in total. The van der Waals surface area contributed by atoms with Crippen molar-refractivity contribution in [2.75, 3.05) is 33.4 Å². The van der Waals surface area contributed by atoms with Crippen molar-refractivity contribution in [3.63, 3.8) is 0 Å². The molecule has 0 unspecified atom stereocenters. The Kier molecular flexibility index (Phi) is 5.20. The molecule has 7 heteroatoms. The smallest absolute Gasteiger partial charge is 0.196 e. The minimum absolute atomic E-state index is 0.0221. The average Bonchev–Trinajstić information content (AvgIpc) is 2.61. The molecule has 0 saturated carbocycles. The van der Waals surface area contributed by atoms with Crippen LogP contribution in [0.25, 0.3) is 11.0 Å². The molecule has 0 atom stereocenters. The van der Waals surface area contributed by atoms with Gasteiger partial charge in [-0.05, 0) is 12.1 Å². The Morgan fingerprint density at radius 1 is 1.39 bits per heavy atom. The lowest BCUT2D eigenvalue weighted by Gasteiger charge is -2.28. The van der Waals surface area contributed by atoms with E-state index in [9.17, 15) is 4.79 Å². The standard InChI is InChI=1S/C16H17NO4S2/c1-19-12-2-3-13-14(8-12)21-9-11(15(13)18)10-23-16(22)17-4-6-20-7-5-17/h2-3,8-9H,4-7,10H2,1H3. The highest BCUT2D eigenvalue weighted by molar-refractivity contribution is 8.22. The maximum Gasteiger partial charge on any atom is 0.196 e. The Hall–Kier alpha value is -1.57. The number of rotatable bonds is 3. The van der Waals surface area contributed by atoms with Crippen LogP contribution in [0, 0.1) is 0 Å². The van der Waals surface area contributed by atoms with Gasteiger partial charge in [-0.15, -0.1) is 0 Å². The molecule has 1 fully saturated rings. The predicted molar refractivity (Wildman–Crippen MR) is 95.3 cm³/mol. The van der Waals surface area contributed by atoms with E-state index in [2.05, 4.69) is 4.90 Å². The third-order valence-corrected chi connectivity index (χ3v) is 5.25. The van der Waals surface area contributed by atoms with Gasteiger partial charge in [-0.25, -0.2) is 0 Å². The van der Waals surface area contributed by atoms with Crippen LogP contribution in [0.15, 0.2) is 33.7 Å². The summed E-state index contributed by atoms with van der Waals surface area (Å²) in [4.78, 5) is 14.6. The van der Waals surface area contributed by atoms with Gasteiger partial charge in [-0.2, -0.15) is 0 Å². The molecule has 3 rings (SSSR count). The molecular formula is C16H17NO4S2. The molecule has 0 amide bonds. The molecule has 0 aliphatic carbocycles. The molecule has 2 aromatic rings. The number of thioether (sulfide) groups is 1. The van der Waals surface area contributed by atoms with Crippen LogP contribution in [0.2, 0.25) is 0 Å². The zero-order chi connectivity index (χ0) is 16.2. The van der Waals surface area contributed by atoms with E-state index in [0.29, 0.717) is 41.2 Å². The summed E-state index contributed by atoms with van der Waals surface area (Å²) in [7, 11) is 1.58. The van der Waals surface area contributed by atoms with Crippen molar-refractivity contribution < 1.29 is 13.9 Å². The molecule has 1 saturated heterocycles. The van der Waals surface area contributed by atoms with Crippen LogP contribution in [-0.2, 0) is 10.5 Å². The fraction of sp³-hybridized carbons (Fsp3) is 0.375. The van der Waals surface area contributed by atoms with E-state index in [0.717, 1.165) is 17.4 Å². The van der Waals surface area contributed by atoms with Gasteiger partial charge in [0.25, 0.3) is 0 Å². The molecule has 1 aromatic carbocycles. The van der Waals surface area contributed by atoms with Crippen LogP contribution in [0.4, 0.5) is 0 Å². The number of fused-ring (bicyclic) bond motifs is 1. The molecular weight excluding hydrogens is 334 g/mol.